The second kappa shape index (κ2) is 6.97. The van der Waals surface area contributed by atoms with Crippen LogP contribution in [-0.2, 0) is 12.8 Å². The van der Waals surface area contributed by atoms with Crippen LogP contribution in [0.5, 0.6) is 0 Å². The molecule has 0 saturated carbocycles. The zero-order valence-electron chi connectivity index (χ0n) is 14.7. The summed E-state index contributed by atoms with van der Waals surface area (Å²) in [5, 5.41) is 10.8. The number of anilines is 2. The number of benzene rings is 1. The molecule has 0 aliphatic heterocycles. The third-order valence-electron chi connectivity index (χ3n) is 4.65. The number of aliphatic imine (C=N–C) groups is 1. The van der Waals surface area contributed by atoms with Gasteiger partial charge in [0.15, 0.2) is 0 Å². The molecule has 0 spiro atoms. The van der Waals surface area contributed by atoms with Gasteiger partial charge in [0.2, 0.25) is 0 Å². The van der Waals surface area contributed by atoms with E-state index in [4.69, 9.17) is 15.6 Å². The molecule has 4 N–H and O–H groups in total. The molecule has 0 amide bonds. The van der Waals surface area contributed by atoms with Gasteiger partial charge in [0.1, 0.15) is 17.4 Å². The third kappa shape index (κ3) is 3.36. The number of nitrogen functional groups attached to an aromatic ring is 1. The van der Waals surface area contributed by atoms with Crippen molar-refractivity contribution in [2.75, 3.05) is 11.1 Å². The maximum atomic E-state index is 7.47. The van der Waals surface area contributed by atoms with Gasteiger partial charge in [0, 0.05) is 41.3 Å². The normalized spacial score (nSPS) is 17.0. The molecule has 0 saturated heterocycles. The van der Waals surface area contributed by atoms with E-state index in [1.807, 2.05) is 19.1 Å². The molecule has 5 heteroatoms. The molecular formula is C20H24N4O. The molecule has 5 nitrogen and oxygen atoms in total. The lowest BCUT2D eigenvalue weighted by Gasteiger charge is -2.18. The molecule has 1 heterocycles. The van der Waals surface area contributed by atoms with Gasteiger partial charge in [-0.05, 0) is 43.9 Å². The van der Waals surface area contributed by atoms with Crippen LogP contribution in [0.3, 0.4) is 0 Å². The quantitative estimate of drug-likeness (QED) is 0.442. The van der Waals surface area contributed by atoms with E-state index in [-0.39, 0.29) is 0 Å². The van der Waals surface area contributed by atoms with Gasteiger partial charge < -0.3 is 20.9 Å². The summed E-state index contributed by atoms with van der Waals surface area (Å²) in [6.45, 7) is 7.97. The smallest absolute Gasteiger partial charge is 0.141 e. The molecule has 3 rings (SSSR count). The zero-order chi connectivity index (χ0) is 18.0. The van der Waals surface area contributed by atoms with Crippen LogP contribution in [0.15, 0.2) is 40.4 Å². The predicted octanol–water partition coefficient (Wildman–Crippen LogP) is 4.29. The van der Waals surface area contributed by atoms with Crippen LogP contribution in [-0.4, -0.2) is 12.1 Å². The van der Waals surface area contributed by atoms with Gasteiger partial charge in [-0.2, -0.15) is 0 Å². The van der Waals surface area contributed by atoms with Crippen molar-refractivity contribution in [3.05, 3.63) is 59.2 Å². The summed E-state index contributed by atoms with van der Waals surface area (Å²) in [5.74, 6) is 3.30. The van der Waals surface area contributed by atoms with Crippen LogP contribution in [0.4, 0.5) is 11.4 Å². The Bertz CT molecular complexity index is 848. The number of rotatable bonds is 4. The fourth-order valence-electron chi connectivity index (χ4n) is 3.36. The molecule has 1 atom stereocenters. The Labute approximate surface area is 148 Å². The van der Waals surface area contributed by atoms with Gasteiger partial charge in [-0.15, -0.1) is 0 Å². The van der Waals surface area contributed by atoms with Crippen LogP contribution in [0.25, 0.3) is 0 Å². The Morgan fingerprint density at radius 3 is 3.00 bits per heavy atom. The fourth-order valence-corrected chi connectivity index (χ4v) is 3.36. The second-order valence-corrected chi connectivity index (χ2v) is 6.56. The highest BCUT2D eigenvalue weighted by Crippen LogP contribution is 2.33. The molecule has 0 radical (unpaired) electrons. The molecule has 1 aromatic carbocycles. The monoisotopic (exact) mass is 336 g/mol. The van der Waals surface area contributed by atoms with Crippen molar-refractivity contribution < 1.29 is 4.42 Å². The molecule has 2 aromatic rings. The standard InChI is InChI=1S/C20H24N4O/c1-4-23-20(24-15-6-8-17(22)14(10-15)11-21)19-13(3)25-18-9-12(2)5-7-16(18)19/h4,6,8,10-12,21H,1,5,7,9,22H2,2-3H3,(H,23,24). The Morgan fingerprint density at radius 2 is 2.28 bits per heavy atom. The average Bonchev–Trinajstić information content (AvgIpc) is 2.90. The van der Waals surface area contributed by atoms with Crippen molar-refractivity contribution in [3.8, 4) is 0 Å². The second-order valence-electron chi connectivity index (χ2n) is 6.56. The van der Waals surface area contributed by atoms with Crippen LogP contribution in [0.1, 0.15) is 41.6 Å². The Hall–Kier alpha value is -2.82. The molecule has 1 unspecified atom stereocenters. The van der Waals surface area contributed by atoms with Gasteiger partial charge in [-0.25, -0.2) is 4.99 Å². The first kappa shape index (κ1) is 17.0. The first-order valence-electron chi connectivity index (χ1n) is 8.50. The highest BCUT2D eigenvalue weighted by Gasteiger charge is 2.26. The fraction of sp³-hybridized carbons (Fsp3) is 0.300. The molecule has 1 aliphatic rings. The molecule has 0 bridgehead atoms. The number of nitrogens with one attached hydrogen (secondary N) is 2. The lowest BCUT2D eigenvalue weighted by Crippen LogP contribution is -2.18. The summed E-state index contributed by atoms with van der Waals surface area (Å²) < 4.78 is 6.03. The number of amidine groups is 1. The lowest BCUT2D eigenvalue weighted by atomic mass is 9.87. The Morgan fingerprint density at radius 1 is 1.48 bits per heavy atom. The van der Waals surface area contributed by atoms with E-state index in [1.165, 1.54) is 18.0 Å². The number of hydrogen-bond donors (Lipinski definition) is 3. The van der Waals surface area contributed by atoms with Gasteiger partial charge in [0.25, 0.3) is 0 Å². The number of fused-ring (bicyclic) bond motifs is 1. The van der Waals surface area contributed by atoms with E-state index in [0.29, 0.717) is 23.0 Å². The average molecular weight is 336 g/mol. The van der Waals surface area contributed by atoms with E-state index in [1.54, 1.807) is 6.07 Å². The SMILES string of the molecule is C=CN=C(Nc1ccc(N)c(C=N)c1)c1c(C)oc2c1CCC(C)C2. The molecule has 0 fully saturated rings. The van der Waals surface area contributed by atoms with Gasteiger partial charge in [-0.3, -0.25) is 0 Å². The summed E-state index contributed by atoms with van der Waals surface area (Å²) in [5.41, 5.74) is 10.2. The topological polar surface area (TPSA) is 87.4 Å². The Balaban J connectivity index is 2.00. The largest absolute Gasteiger partial charge is 0.465 e. The van der Waals surface area contributed by atoms with Crippen LogP contribution >= 0.6 is 0 Å². The summed E-state index contributed by atoms with van der Waals surface area (Å²) in [4.78, 5) is 4.45. The van der Waals surface area contributed by atoms with Crippen LogP contribution in [0, 0.1) is 18.3 Å². The number of furan rings is 1. The number of aryl methyl sites for hydroxylation is 1. The van der Waals surface area contributed by atoms with Crippen molar-refractivity contribution in [3.63, 3.8) is 0 Å². The van der Waals surface area contributed by atoms with Crippen LogP contribution < -0.4 is 11.1 Å². The molecule has 130 valence electrons. The maximum Gasteiger partial charge on any atom is 0.141 e. The van der Waals surface area contributed by atoms with Crippen molar-refractivity contribution in [1.29, 1.82) is 5.41 Å². The minimum atomic E-state index is 0.577. The molecule has 1 aliphatic carbocycles. The first-order chi connectivity index (χ1) is 12.0. The van der Waals surface area contributed by atoms with Crippen molar-refractivity contribution >= 4 is 23.4 Å². The van der Waals surface area contributed by atoms with Gasteiger partial charge >= 0.3 is 0 Å². The summed E-state index contributed by atoms with van der Waals surface area (Å²) in [6, 6.07) is 5.50. The van der Waals surface area contributed by atoms with Crippen molar-refractivity contribution in [2.24, 2.45) is 10.9 Å². The number of hydrogen-bond acceptors (Lipinski definition) is 4. The van der Waals surface area contributed by atoms with E-state index < -0.39 is 0 Å². The van der Waals surface area contributed by atoms with E-state index in [9.17, 15) is 0 Å². The van der Waals surface area contributed by atoms with Gasteiger partial charge in [0.05, 0.1) is 5.56 Å². The highest BCUT2D eigenvalue weighted by atomic mass is 16.3. The van der Waals surface area contributed by atoms with E-state index >= 15 is 0 Å². The highest BCUT2D eigenvalue weighted by molar-refractivity contribution is 6.10. The molecular weight excluding hydrogens is 312 g/mol. The predicted molar refractivity (Wildman–Crippen MR) is 104 cm³/mol. The summed E-state index contributed by atoms with van der Waals surface area (Å²) in [6.07, 6.45) is 5.89. The summed E-state index contributed by atoms with van der Waals surface area (Å²) in [7, 11) is 0. The third-order valence-corrected chi connectivity index (χ3v) is 4.65. The van der Waals surface area contributed by atoms with Crippen molar-refractivity contribution in [1.82, 2.24) is 0 Å². The van der Waals surface area contributed by atoms with Crippen molar-refractivity contribution in [2.45, 2.75) is 33.1 Å². The minimum Gasteiger partial charge on any atom is -0.465 e. The van der Waals surface area contributed by atoms with Crippen LogP contribution in [0.2, 0.25) is 0 Å². The lowest BCUT2D eigenvalue weighted by molar-refractivity contribution is 0.403. The van der Waals surface area contributed by atoms with E-state index in [2.05, 4.69) is 23.8 Å². The first-order valence-corrected chi connectivity index (χ1v) is 8.50. The Kier molecular flexibility index (Phi) is 4.74. The van der Waals surface area contributed by atoms with Gasteiger partial charge in [-0.1, -0.05) is 13.5 Å². The molecule has 25 heavy (non-hydrogen) atoms. The van der Waals surface area contributed by atoms with E-state index in [0.717, 1.165) is 42.0 Å². The number of nitrogens with zero attached hydrogens (tertiary/aromatic N) is 1. The maximum absolute atomic E-state index is 7.47. The number of nitrogens with two attached hydrogens (primary N) is 1. The minimum absolute atomic E-state index is 0.577. The molecule has 1 aromatic heterocycles. The zero-order valence-corrected chi connectivity index (χ0v) is 14.7. The summed E-state index contributed by atoms with van der Waals surface area (Å²) >= 11 is 0.